The lowest BCUT2D eigenvalue weighted by molar-refractivity contribution is 0.149. The van der Waals surface area contributed by atoms with Crippen molar-refractivity contribution in [2.24, 2.45) is 4.99 Å². The molecule has 4 rings (SSSR count). The van der Waals surface area contributed by atoms with Gasteiger partial charge in [0.1, 0.15) is 22.7 Å². The number of hydrogen-bond donors (Lipinski definition) is 0. The summed E-state index contributed by atoms with van der Waals surface area (Å²) in [6, 6.07) is 22.6. The second-order valence-electron chi connectivity index (χ2n) is 10.1. The third kappa shape index (κ3) is 4.56. The van der Waals surface area contributed by atoms with Gasteiger partial charge >= 0.3 is 5.37 Å². The van der Waals surface area contributed by atoms with E-state index < -0.39 is 21.9 Å². The Morgan fingerprint density at radius 3 is 2.05 bits per heavy atom. The molecule has 3 aromatic carbocycles. The van der Waals surface area contributed by atoms with Crippen LogP contribution in [0.15, 0.2) is 71.7 Å². The Hall–Kier alpha value is -3.04. The van der Waals surface area contributed by atoms with Crippen molar-refractivity contribution in [3.8, 4) is 11.8 Å². The fourth-order valence-electron chi connectivity index (χ4n) is 4.98. The lowest BCUT2D eigenvalue weighted by Gasteiger charge is -2.44. The maximum atomic E-state index is 13.3. The molecule has 0 N–H and O–H groups in total. The minimum absolute atomic E-state index is 0.365. The van der Waals surface area contributed by atoms with Crippen LogP contribution < -0.4 is 4.74 Å². The van der Waals surface area contributed by atoms with Gasteiger partial charge in [-0.05, 0) is 99.3 Å². The van der Waals surface area contributed by atoms with Crippen LogP contribution in [0.2, 0.25) is 10.0 Å². The van der Waals surface area contributed by atoms with Gasteiger partial charge in [-0.15, -0.1) is 0 Å². The minimum Gasteiger partial charge on any atom is -0.493 e. The molecule has 0 saturated carbocycles. The van der Waals surface area contributed by atoms with E-state index in [1.54, 1.807) is 24.3 Å². The smallest absolute Gasteiger partial charge is 0.322 e. The van der Waals surface area contributed by atoms with Crippen molar-refractivity contribution < 1.29 is 9.53 Å². The lowest BCUT2D eigenvalue weighted by atomic mass is 9.71. The zero-order valence-electron chi connectivity index (χ0n) is 21.8. The molecule has 5 nitrogen and oxygen atoms in total. The number of hydrogen-bond acceptors (Lipinski definition) is 4. The first-order valence-corrected chi connectivity index (χ1v) is 13.3. The highest BCUT2D eigenvalue weighted by Crippen LogP contribution is 2.54. The predicted molar refractivity (Wildman–Crippen MR) is 153 cm³/mol. The number of aliphatic imine (C=N–C) groups is 1. The van der Waals surface area contributed by atoms with Crippen LogP contribution in [0, 0.1) is 11.3 Å². The van der Waals surface area contributed by atoms with E-state index in [0.29, 0.717) is 33.8 Å². The van der Waals surface area contributed by atoms with E-state index in [2.05, 4.69) is 6.07 Å². The first kappa shape index (κ1) is 28.0. The van der Waals surface area contributed by atoms with Gasteiger partial charge in [0.05, 0.1) is 23.7 Å². The molecule has 0 radical (unpaired) electrons. The zero-order chi connectivity index (χ0) is 27.9. The molecule has 2 atom stereocenters. The Morgan fingerprint density at radius 2 is 1.55 bits per heavy atom. The van der Waals surface area contributed by atoms with Gasteiger partial charge in [-0.25, -0.2) is 0 Å². The monoisotopic (exact) mass is 567 g/mol. The summed E-state index contributed by atoms with van der Waals surface area (Å²) in [5, 5.41) is 10.2. The molecule has 0 spiro atoms. The Morgan fingerprint density at radius 1 is 1.00 bits per heavy atom. The van der Waals surface area contributed by atoms with Crippen LogP contribution in [-0.4, -0.2) is 22.7 Å². The molecule has 0 unspecified atom stereocenters. The van der Waals surface area contributed by atoms with E-state index in [-0.39, 0.29) is 0 Å². The van der Waals surface area contributed by atoms with Crippen LogP contribution in [0.4, 0.5) is 4.79 Å². The summed E-state index contributed by atoms with van der Waals surface area (Å²) in [5.74, 6) is 0.874. The van der Waals surface area contributed by atoms with Crippen molar-refractivity contribution >= 4 is 46.0 Å². The number of carbonyl (C=O) groups excluding carboxylic acids is 1. The van der Waals surface area contributed by atoms with Crippen molar-refractivity contribution in [3.05, 3.63) is 99.0 Å². The van der Waals surface area contributed by atoms with Gasteiger partial charge in [0.15, 0.2) is 0 Å². The molecule has 38 heavy (non-hydrogen) atoms. The van der Waals surface area contributed by atoms with Crippen molar-refractivity contribution in [1.82, 2.24) is 4.90 Å². The highest BCUT2D eigenvalue weighted by molar-refractivity contribution is 6.64. The molecular weight excluding hydrogens is 541 g/mol. The Labute approximate surface area is 238 Å². The van der Waals surface area contributed by atoms with E-state index in [4.69, 9.17) is 44.5 Å². The number of rotatable bonds is 6. The fraction of sp³-hybridized carbons (Fsp3) is 0.300. The molecular formula is C30H28Cl3N3O2. The molecule has 0 saturated heterocycles. The number of halogens is 3. The van der Waals surface area contributed by atoms with Gasteiger partial charge in [0.25, 0.3) is 0 Å². The molecule has 0 aromatic heterocycles. The van der Waals surface area contributed by atoms with Gasteiger partial charge in [-0.3, -0.25) is 14.7 Å². The Kier molecular flexibility index (Phi) is 7.56. The first-order chi connectivity index (χ1) is 17.9. The highest BCUT2D eigenvalue weighted by atomic mass is 35.5. The molecule has 0 bridgehead atoms. The largest absolute Gasteiger partial charge is 0.493 e. The van der Waals surface area contributed by atoms with Gasteiger partial charge in [0, 0.05) is 10.0 Å². The van der Waals surface area contributed by atoms with E-state index in [1.165, 1.54) is 4.90 Å². The van der Waals surface area contributed by atoms with Crippen LogP contribution >= 0.6 is 34.8 Å². The normalized spacial score (nSPS) is 21.1. The summed E-state index contributed by atoms with van der Waals surface area (Å²) in [7, 11) is 0. The van der Waals surface area contributed by atoms with E-state index in [1.807, 2.05) is 77.1 Å². The molecule has 0 fully saturated rings. The third-order valence-corrected chi connectivity index (χ3v) is 8.12. The number of amides is 1. The van der Waals surface area contributed by atoms with Crippen molar-refractivity contribution in [2.75, 3.05) is 6.61 Å². The van der Waals surface area contributed by atoms with E-state index >= 15 is 0 Å². The van der Waals surface area contributed by atoms with E-state index in [9.17, 15) is 10.1 Å². The van der Waals surface area contributed by atoms with Gasteiger partial charge in [0.2, 0.25) is 0 Å². The summed E-state index contributed by atoms with van der Waals surface area (Å²) in [4.78, 5) is 20.0. The van der Waals surface area contributed by atoms with Crippen molar-refractivity contribution in [1.29, 1.82) is 5.26 Å². The summed E-state index contributed by atoms with van der Waals surface area (Å²) < 4.78 is 6.03. The Balaban J connectivity index is 2.03. The number of nitriles is 1. The molecule has 8 heteroatoms. The molecule has 1 aliphatic heterocycles. The van der Waals surface area contributed by atoms with Gasteiger partial charge < -0.3 is 4.74 Å². The van der Waals surface area contributed by atoms with Crippen LogP contribution in [-0.2, 0) is 16.5 Å². The predicted octanol–water partition coefficient (Wildman–Crippen LogP) is 8.45. The van der Waals surface area contributed by atoms with E-state index in [0.717, 1.165) is 16.7 Å². The standard InChI is InChI=1S/C30H28Cl3N3O2/c1-6-38-25-17-21(28(2,3)18-34)11-16-24(25)26-35-29(4,19-7-12-22(31)13-8-19)30(5,36(26)27(33)37)20-9-14-23(32)15-10-20/h7-17H,6H2,1-5H3/t29-,30+/m0/s1. The molecule has 0 aliphatic carbocycles. The maximum Gasteiger partial charge on any atom is 0.322 e. The van der Waals surface area contributed by atoms with Crippen LogP contribution in [0.3, 0.4) is 0 Å². The quantitative estimate of drug-likeness (QED) is 0.221. The maximum absolute atomic E-state index is 13.3. The number of ether oxygens (including phenoxy) is 1. The average molecular weight is 569 g/mol. The molecule has 1 amide bonds. The van der Waals surface area contributed by atoms with Crippen molar-refractivity contribution in [3.63, 3.8) is 0 Å². The second-order valence-corrected chi connectivity index (χ2v) is 11.3. The van der Waals surface area contributed by atoms with Crippen molar-refractivity contribution in [2.45, 2.75) is 51.1 Å². The zero-order valence-corrected chi connectivity index (χ0v) is 24.1. The fourth-order valence-corrected chi connectivity index (χ4v) is 5.48. The summed E-state index contributed by atoms with van der Waals surface area (Å²) in [6.45, 7) is 9.85. The number of amidine groups is 1. The lowest BCUT2D eigenvalue weighted by Crippen LogP contribution is -2.53. The van der Waals surface area contributed by atoms with Crippen LogP contribution in [0.1, 0.15) is 56.9 Å². The summed E-state index contributed by atoms with van der Waals surface area (Å²) >= 11 is 18.8. The average Bonchev–Trinajstić information content (AvgIpc) is 3.13. The number of carbonyl (C=O) groups is 1. The first-order valence-electron chi connectivity index (χ1n) is 12.2. The number of nitrogens with zero attached hydrogens (tertiary/aromatic N) is 3. The second kappa shape index (κ2) is 10.3. The summed E-state index contributed by atoms with van der Waals surface area (Å²) in [6.07, 6.45) is 0. The Bertz CT molecular complexity index is 1450. The highest BCUT2D eigenvalue weighted by Gasteiger charge is 2.59. The van der Waals surface area contributed by atoms with Crippen LogP contribution in [0.5, 0.6) is 5.75 Å². The number of benzene rings is 3. The molecule has 1 aliphatic rings. The minimum atomic E-state index is -1.05. The third-order valence-electron chi connectivity index (χ3n) is 7.45. The summed E-state index contributed by atoms with van der Waals surface area (Å²) in [5.41, 5.74) is 0.267. The van der Waals surface area contributed by atoms with Crippen LogP contribution in [0.25, 0.3) is 0 Å². The SMILES string of the molecule is CCOc1cc(C(C)(C)C#N)ccc1C1=N[C@@](C)(c2ccc(Cl)cc2)[C@@](C)(c2ccc(Cl)cc2)N1C(=O)Cl. The molecule has 196 valence electrons. The van der Waals surface area contributed by atoms with Gasteiger partial charge in [-0.1, -0.05) is 53.5 Å². The molecule has 1 heterocycles. The molecule has 3 aromatic rings. The topological polar surface area (TPSA) is 65.7 Å². The van der Waals surface area contributed by atoms with Gasteiger partial charge in [-0.2, -0.15) is 5.26 Å².